The Morgan fingerprint density at radius 1 is 1.13 bits per heavy atom. The molecule has 4 aromatic rings. The molecule has 0 fully saturated rings. The number of nitrogens with zero attached hydrogens (tertiary/aromatic N) is 5. The van der Waals surface area contributed by atoms with Crippen LogP contribution in [0.1, 0.15) is 44.3 Å². The molecule has 0 amide bonds. The lowest BCUT2D eigenvalue weighted by Gasteiger charge is -2.30. The molecule has 1 N–H and O–H groups in total. The highest BCUT2D eigenvalue weighted by molar-refractivity contribution is 7.80. The number of thiophene rings is 1. The van der Waals surface area contributed by atoms with Crippen LogP contribution in [-0.4, -0.2) is 37.0 Å². The van der Waals surface area contributed by atoms with Gasteiger partial charge in [0.05, 0.1) is 17.8 Å². The number of aliphatic imine (C=N–C) groups is 1. The largest absolute Gasteiger partial charge is 0.416 e. The predicted molar refractivity (Wildman–Crippen MR) is 150 cm³/mol. The van der Waals surface area contributed by atoms with Crippen LogP contribution >= 0.6 is 35.2 Å². The summed E-state index contributed by atoms with van der Waals surface area (Å²) in [5.41, 5.74) is 3.40. The van der Waals surface area contributed by atoms with E-state index in [1.165, 1.54) is 17.7 Å². The van der Waals surface area contributed by atoms with Crippen LogP contribution < -0.4 is 5.32 Å². The Balaban J connectivity index is 1.31. The Morgan fingerprint density at radius 2 is 1.90 bits per heavy atom. The maximum Gasteiger partial charge on any atom is 0.416 e. The molecule has 2 aromatic heterocycles. The molecule has 2 aliphatic rings. The molecule has 0 saturated carbocycles. The molecule has 6 nitrogen and oxygen atoms in total. The van der Waals surface area contributed by atoms with Crippen LogP contribution in [0.4, 0.5) is 13.2 Å². The molecule has 2 aromatic carbocycles. The lowest BCUT2D eigenvalue weighted by Crippen LogP contribution is -2.42. The smallest absolute Gasteiger partial charge is 0.358 e. The third kappa shape index (κ3) is 4.72. The lowest BCUT2D eigenvalue weighted by molar-refractivity contribution is -0.138. The minimum absolute atomic E-state index is 0.00854. The standard InChI is InChI=1S/C27H22ClF3N6S2/c1-15-34-35-22-13-32-24(17-7-3-5-9-20(17)28)23-18-10-11-36(14-21(18)39-25(23)37(15)22)26(38)33-12-16-6-2-4-8-19(16)27(29,30)31/h2-9H,10-14H2,1H3,(H,33,38). The normalized spacial score (nSPS) is 14.7. The molecule has 39 heavy (non-hydrogen) atoms. The van der Waals surface area contributed by atoms with E-state index in [0.29, 0.717) is 36.2 Å². The fourth-order valence-corrected chi connectivity index (χ4v) is 6.96. The third-order valence-electron chi connectivity index (χ3n) is 6.92. The van der Waals surface area contributed by atoms with E-state index in [9.17, 15) is 13.2 Å². The van der Waals surface area contributed by atoms with E-state index in [2.05, 4.69) is 20.1 Å². The summed E-state index contributed by atoms with van der Waals surface area (Å²) in [5, 5.41) is 13.7. The number of hydrogen-bond acceptors (Lipinski definition) is 5. The van der Waals surface area contributed by atoms with Crippen molar-refractivity contribution >= 4 is 46.0 Å². The second-order valence-electron chi connectivity index (χ2n) is 9.31. The number of thiocarbonyl (C=S) groups is 1. The first-order chi connectivity index (χ1) is 18.7. The fourth-order valence-electron chi connectivity index (χ4n) is 5.07. The fraction of sp³-hybridized carbons (Fsp3) is 0.259. The molecule has 0 spiro atoms. The van der Waals surface area contributed by atoms with E-state index in [0.717, 1.165) is 44.4 Å². The van der Waals surface area contributed by atoms with Crippen molar-refractivity contribution in [3.8, 4) is 5.00 Å². The topological polar surface area (TPSA) is 58.3 Å². The zero-order chi connectivity index (χ0) is 27.3. The number of halogens is 4. The summed E-state index contributed by atoms with van der Waals surface area (Å²) >= 11 is 13.9. The molecule has 0 aliphatic carbocycles. The Kier molecular flexibility index (Phi) is 6.68. The van der Waals surface area contributed by atoms with E-state index in [1.807, 2.05) is 36.1 Å². The monoisotopic (exact) mass is 586 g/mol. The van der Waals surface area contributed by atoms with Crippen molar-refractivity contribution in [2.45, 2.75) is 39.2 Å². The van der Waals surface area contributed by atoms with Gasteiger partial charge in [0.1, 0.15) is 17.4 Å². The molecule has 12 heteroatoms. The minimum atomic E-state index is -4.42. The van der Waals surface area contributed by atoms with Gasteiger partial charge in [-0.1, -0.05) is 48.0 Å². The number of aromatic nitrogens is 3. The number of fused-ring (bicyclic) bond motifs is 5. The van der Waals surface area contributed by atoms with Gasteiger partial charge in [0, 0.05) is 34.1 Å². The first kappa shape index (κ1) is 26.0. The van der Waals surface area contributed by atoms with Crippen molar-refractivity contribution in [2.75, 3.05) is 6.54 Å². The van der Waals surface area contributed by atoms with E-state index in [1.54, 1.807) is 17.4 Å². The molecule has 0 unspecified atom stereocenters. The van der Waals surface area contributed by atoms with Gasteiger partial charge < -0.3 is 10.2 Å². The van der Waals surface area contributed by atoms with Crippen molar-refractivity contribution < 1.29 is 13.2 Å². The molecule has 4 heterocycles. The van der Waals surface area contributed by atoms with Crippen molar-refractivity contribution in [1.29, 1.82) is 0 Å². The summed E-state index contributed by atoms with van der Waals surface area (Å²) in [7, 11) is 0. The van der Waals surface area contributed by atoms with E-state index >= 15 is 0 Å². The Labute approximate surface area is 237 Å². The highest BCUT2D eigenvalue weighted by Gasteiger charge is 2.34. The van der Waals surface area contributed by atoms with Crippen molar-refractivity contribution in [3.63, 3.8) is 0 Å². The van der Waals surface area contributed by atoms with E-state index < -0.39 is 11.7 Å². The number of rotatable bonds is 3. The quantitative estimate of drug-likeness (QED) is 0.294. The summed E-state index contributed by atoms with van der Waals surface area (Å²) in [4.78, 5) is 8.06. The summed E-state index contributed by atoms with van der Waals surface area (Å²) in [6, 6.07) is 13.2. The SMILES string of the molecule is Cc1nnc2n1-c1sc3c(c1C(c1ccccc1Cl)=NC2)CCN(C(=S)NCc1ccccc1C(F)(F)F)C3. The molecule has 0 bridgehead atoms. The van der Waals surface area contributed by atoms with E-state index in [4.69, 9.17) is 28.8 Å². The van der Waals surface area contributed by atoms with Crippen molar-refractivity contribution in [1.82, 2.24) is 25.0 Å². The number of aryl methyl sites for hydroxylation is 1. The van der Waals surface area contributed by atoms with Crippen molar-refractivity contribution in [3.05, 3.63) is 97.9 Å². The Hall–Kier alpha value is -3.28. The first-order valence-corrected chi connectivity index (χ1v) is 13.9. The van der Waals surface area contributed by atoms with Gasteiger partial charge >= 0.3 is 6.18 Å². The van der Waals surface area contributed by atoms with Gasteiger partial charge in [-0.05, 0) is 48.8 Å². The van der Waals surface area contributed by atoms with E-state index in [-0.39, 0.29) is 12.1 Å². The number of alkyl halides is 3. The van der Waals surface area contributed by atoms with Gasteiger partial charge in [-0.25, -0.2) is 0 Å². The second kappa shape index (κ2) is 10.0. The van der Waals surface area contributed by atoms with Gasteiger partial charge in [0.2, 0.25) is 0 Å². The maximum atomic E-state index is 13.4. The van der Waals surface area contributed by atoms with Crippen LogP contribution in [0.5, 0.6) is 0 Å². The summed E-state index contributed by atoms with van der Waals surface area (Å²) in [6.45, 7) is 3.45. The molecule has 0 radical (unpaired) electrons. The predicted octanol–water partition coefficient (Wildman–Crippen LogP) is 6.09. The zero-order valence-electron chi connectivity index (χ0n) is 20.7. The highest BCUT2D eigenvalue weighted by Crippen LogP contribution is 2.40. The third-order valence-corrected chi connectivity index (χ3v) is 8.85. The highest BCUT2D eigenvalue weighted by atomic mass is 35.5. The van der Waals surface area contributed by atoms with Crippen LogP contribution in [0, 0.1) is 6.92 Å². The zero-order valence-corrected chi connectivity index (χ0v) is 23.1. The molecule has 0 atom stereocenters. The van der Waals surface area contributed by atoms with Gasteiger partial charge in [-0.15, -0.1) is 21.5 Å². The summed E-state index contributed by atoms with van der Waals surface area (Å²) in [5.74, 6) is 1.53. The molecular weight excluding hydrogens is 565 g/mol. The van der Waals surface area contributed by atoms with Gasteiger partial charge in [-0.3, -0.25) is 9.56 Å². The van der Waals surface area contributed by atoms with Crippen molar-refractivity contribution in [2.24, 2.45) is 4.99 Å². The average molecular weight is 587 g/mol. The molecule has 6 rings (SSSR count). The summed E-state index contributed by atoms with van der Waals surface area (Å²) in [6.07, 6.45) is -3.73. The number of benzene rings is 2. The minimum Gasteiger partial charge on any atom is -0.358 e. The molecule has 2 aliphatic heterocycles. The van der Waals surface area contributed by atoms with Crippen LogP contribution in [0.25, 0.3) is 5.00 Å². The average Bonchev–Trinajstić information content (AvgIpc) is 3.42. The Morgan fingerprint density at radius 3 is 2.69 bits per heavy atom. The molecular formula is C27H22ClF3N6S2. The van der Waals surface area contributed by atoms with Gasteiger partial charge in [0.25, 0.3) is 0 Å². The number of hydrogen-bond donors (Lipinski definition) is 1. The summed E-state index contributed by atoms with van der Waals surface area (Å²) < 4.78 is 42.3. The molecule has 200 valence electrons. The van der Waals surface area contributed by atoms with Gasteiger partial charge in [0.15, 0.2) is 10.9 Å². The first-order valence-electron chi connectivity index (χ1n) is 12.3. The van der Waals surface area contributed by atoms with Crippen LogP contribution in [-0.2, 0) is 32.2 Å². The Bertz CT molecular complexity index is 1620. The van der Waals surface area contributed by atoms with Crippen LogP contribution in [0.3, 0.4) is 0 Å². The second-order valence-corrected chi connectivity index (χ2v) is 11.2. The maximum absolute atomic E-state index is 13.4. The van der Waals surface area contributed by atoms with Crippen LogP contribution in [0.2, 0.25) is 5.02 Å². The number of nitrogens with one attached hydrogen (secondary N) is 1. The molecule has 0 saturated heterocycles. The lowest BCUT2D eigenvalue weighted by atomic mass is 9.95. The van der Waals surface area contributed by atoms with Gasteiger partial charge in [-0.2, -0.15) is 13.2 Å². The van der Waals surface area contributed by atoms with Crippen LogP contribution in [0.15, 0.2) is 53.5 Å².